The summed E-state index contributed by atoms with van der Waals surface area (Å²) >= 11 is 3.22. The van der Waals surface area contributed by atoms with Crippen LogP contribution in [0.3, 0.4) is 0 Å². The van der Waals surface area contributed by atoms with Crippen molar-refractivity contribution >= 4 is 27.7 Å². The summed E-state index contributed by atoms with van der Waals surface area (Å²) < 4.78 is 19.4. The minimum atomic E-state index is -0.611. The van der Waals surface area contributed by atoms with Crippen LogP contribution >= 0.6 is 15.9 Å². The van der Waals surface area contributed by atoms with Crippen LogP contribution in [0.1, 0.15) is 5.56 Å². The number of halogens is 2. The Labute approximate surface area is 125 Å². The highest BCUT2D eigenvalue weighted by Crippen LogP contribution is 2.28. The number of anilines is 1. The van der Waals surface area contributed by atoms with E-state index in [-0.39, 0.29) is 12.3 Å². The molecule has 0 aliphatic carbocycles. The van der Waals surface area contributed by atoms with Crippen molar-refractivity contribution in [2.45, 2.75) is 6.61 Å². The maximum absolute atomic E-state index is 13.7. The molecule has 0 heterocycles. The Morgan fingerprint density at radius 3 is 2.55 bits per heavy atom. The number of ether oxygens (including phenoxy) is 1. The maximum atomic E-state index is 13.7. The topological polar surface area (TPSA) is 29.5 Å². The van der Waals surface area contributed by atoms with Gasteiger partial charge in [0.25, 0.3) is 0 Å². The van der Waals surface area contributed by atoms with E-state index in [9.17, 15) is 9.18 Å². The highest BCUT2D eigenvalue weighted by Gasteiger charge is 2.18. The lowest BCUT2D eigenvalue weighted by Gasteiger charge is -2.19. The SMILES string of the molecule is CN(C(=O)OCc1ccccc1)c1c(F)cccc1Br. The molecule has 104 valence electrons. The Kier molecular flexibility index (Phi) is 4.74. The summed E-state index contributed by atoms with van der Waals surface area (Å²) in [6.45, 7) is 0.149. The molecule has 3 nitrogen and oxygen atoms in total. The number of amides is 1. The van der Waals surface area contributed by atoms with Gasteiger partial charge in [0.15, 0.2) is 0 Å². The predicted octanol–water partition coefficient (Wildman–Crippen LogP) is 4.36. The molecule has 0 aliphatic rings. The Bertz CT molecular complexity index is 584. The average Bonchev–Trinajstić information content (AvgIpc) is 2.45. The van der Waals surface area contributed by atoms with Crippen LogP contribution in [0.2, 0.25) is 0 Å². The normalized spacial score (nSPS) is 10.2. The largest absolute Gasteiger partial charge is 0.444 e. The Hall–Kier alpha value is -1.88. The van der Waals surface area contributed by atoms with Crippen LogP contribution in [0.5, 0.6) is 0 Å². The first-order chi connectivity index (χ1) is 9.59. The molecular formula is C15H13BrFNO2. The van der Waals surface area contributed by atoms with Crippen LogP contribution in [0.15, 0.2) is 53.0 Å². The van der Waals surface area contributed by atoms with Crippen LogP contribution in [-0.4, -0.2) is 13.1 Å². The van der Waals surface area contributed by atoms with Gasteiger partial charge in [0.05, 0.1) is 5.69 Å². The summed E-state index contributed by atoms with van der Waals surface area (Å²) in [5.74, 6) is -0.487. The molecule has 0 bridgehead atoms. The molecule has 20 heavy (non-hydrogen) atoms. The minimum Gasteiger partial charge on any atom is -0.444 e. The highest BCUT2D eigenvalue weighted by molar-refractivity contribution is 9.10. The van der Waals surface area contributed by atoms with Crippen LogP contribution in [0.4, 0.5) is 14.9 Å². The van der Waals surface area contributed by atoms with Gasteiger partial charge in [-0.1, -0.05) is 36.4 Å². The Balaban J connectivity index is 2.06. The van der Waals surface area contributed by atoms with E-state index in [0.29, 0.717) is 4.47 Å². The fourth-order valence-corrected chi connectivity index (χ4v) is 2.32. The summed E-state index contributed by atoms with van der Waals surface area (Å²) in [5, 5.41) is 0. The van der Waals surface area contributed by atoms with Gasteiger partial charge < -0.3 is 4.74 Å². The molecule has 0 N–H and O–H groups in total. The lowest BCUT2D eigenvalue weighted by molar-refractivity contribution is 0.148. The Morgan fingerprint density at radius 1 is 1.20 bits per heavy atom. The second kappa shape index (κ2) is 6.52. The zero-order valence-corrected chi connectivity index (χ0v) is 12.4. The van der Waals surface area contributed by atoms with E-state index in [0.717, 1.165) is 10.5 Å². The fourth-order valence-electron chi connectivity index (χ4n) is 1.72. The molecule has 0 atom stereocenters. The third-order valence-corrected chi connectivity index (χ3v) is 3.39. The molecule has 0 saturated carbocycles. The number of benzene rings is 2. The molecule has 0 saturated heterocycles. The van der Waals surface area contributed by atoms with Gasteiger partial charge in [0.1, 0.15) is 12.4 Å². The van der Waals surface area contributed by atoms with Gasteiger partial charge in [-0.05, 0) is 33.6 Å². The summed E-state index contributed by atoms with van der Waals surface area (Å²) in [6.07, 6.45) is -0.611. The average molecular weight is 338 g/mol. The van der Waals surface area contributed by atoms with E-state index in [1.165, 1.54) is 13.1 Å². The lowest BCUT2D eigenvalue weighted by Crippen LogP contribution is -2.28. The molecule has 0 spiro atoms. The second-order valence-corrected chi connectivity index (χ2v) is 5.02. The first kappa shape index (κ1) is 14.5. The lowest BCUT2D eigenvalue weighted by atomic mass is 10.2. The van der Waals surface area contributed by atoms with E-state index < -0.39 is 11.9 Å². The van der Waals surface area contributed by atoms with Crippen molar-refractivity contribution in [2.75, 3.05) is 11.9 Å². The van der Waals surface area contributed by atoms with Crippen molar-refractivity contribution in [3.8, 4) is 0 Å². The highest BCUT2D eigenvalue weighted by atomic mass is 79.9. The minimum absolute atomic E-state index is 0.149. The van der Waals surface area contributed by atoms with E-state index in [4.69, 9.17) is 4.74 Å². The standard InChI is InChI=1S/C15H13BrFNO2/c1-18(14-12(16)8-5-9-13(14)17)15(19)20-10-11-6-3-2-4-7-11/h2-9H,10H2,1H3. The monoisotopic (exact) mass is 337 g/mol. The molecule has 0 aliphatic heterocycles. The quantitative estimate of drug-likeness (QED) is 0.832. The van der Waals surface area contributed by atoms with E-state index in [1.54, 1.807) is 12.1 Å². The molecule has 0 radical (unpaired) electrons. The number of para-hydroxylation sites is 1. The van der Waals surface area contributed by atoms with Gasteiger partial charge in [-0.25, -0.2) is 9.18 Å². The molecule has 1 amide bonds. The number of rotatable bonds is 3. The van der Waals surface area contributed by atoms with Gasteiger partial charge in [0.2, 0.25) is 0 Å². The zero-order valence-electron chi connectivity index (χ0n) is 10.8. The number of nitrogens with zero attached hydrogens (tertiary/aromatic N) is 1. The van der Waals surface area contributed by atoms with Crippen LogP contribution < -0.4 is 4.90 Å². The van der Waals surface area contributed by atoms with Gasteiger partial charge in [-0.3, -0.25) is 4.90 Å². The molecule has 2 aromatic carbocycles. The van der Waals surface area contributed by atoms with Crippen molar-refractivity contribution in [2.24, 2.45) is 0 Å². The third-order valence-electron chi connectivity index (χ3n) is 2.75. The van der Waals surface area contributed by atoms with Gasteiger partial charge in [-0.15, -0.1) is 0 Å². The van der Waals surface area contributed by atoms with Crippen LogP contribution in [-0.2, 0) is 11.3 Å². The number of hydrogen-bond donors (Lipinski definition) is 0. The Morgan fingerprint density at radius 2 is 1.90 bits per heavy atom. The molecule has 5 heteroatoms. The molecule has 0 fully saturated rings. The van der Waals surface area contributed by atoms with Gasteiger partial charge in [0, 0.05) is 11.5 Å². The summed E-state index contributed by atoms with van der Waals surface area (Å²) in [5.41, 5.74) is 1.03. The fraction of sp³-hybridized carbons (Fsp3) is 0.133. The summed E-state index contributed by atoms with van der Waals surface area (Å²) in [7, 11) is 1.47. The van der Waals surface area contributed by atoms with E-state index >= 15 is 0 Å². The first-order valence-corrected chi connectivity index (χ1v) is 6.77. The maximum Gasteiger partial charge on any atom is 0.414 e. The van der Waals surface area contributed by atoms with Crippen molar-refractivity contribution in [3.05, 3.63) is 64.4 Å². The molecule has 2 rings (SSSR count). The van der Waals surface area contributed by atoms with Crippen molar-refractivity contribution in [3.63, 3.8) is 0 Å². The number of carbonyl (C=O) groups is 1. The van der Waals surface area contributed by atoms with Crippen LogP contribution in [0, 0.1) is 5.82 Å². The van der Waals surface area contributed by atoms with Crippen molar-refractivity contribution < 1.29 is 13.9 Å². The number of carbonyl (C=O) groups excluding carboxylic acids is 1. The summed E-state index contributed by atoms with van der Waals surface area (Å²) in [4.78, 5) is 13.1. The molecule has 0 aromatic heterocycles. The second-order valence-electron chi connectivity index (χ2n) is 4.17. The molecule has 2 aromatic rings. The predicted molar refractivity (Wildman–Crippen MR) is 79.1 cm³/mol. The van der Waals surface area contributed by atoms with Crippen molar-refractivity contribution in [1.29, 1.82) is 0 Å². The molecule has 0 unspecified atom stereocenters. The van der Waals surface area contributed by atoms with E-state index in [1.807, 2.05) is 30.3 Å². The smallest absolute Gasteiger partial charge is 0.414 e. The third kappa shape index (κ3) is 3.36. The zero-order chi connectivity index (χ0) is 14.5. The van der Waals surface area contributed by atoms with Crippen molar-refractivity contribution in [1.82, 2.24) is 0 Å². The van der Waals surface area contributed by atoms with Gasteiger partial charge in [-0.2, -0.15) is 0 Å². The van der Waals surface area contributed by atoms with Crippen LogP contribution in [0.25, 0.3) is 0 Å². The number of hydrogen-bond acceptors (Lipinski definition) is 2. The first-order valence-electron chi connectivity index (χ1n) is 5.98. The molecular weight excluding hydrogens is 325 g/mol. The summed E-state index contributed by atoms with van der Waals surface area (Å²) in [6, 6.07) is 13.8. The van der Waals surface area contributed by atoms with E-state index in [2.05, 4.69) is 15.9 Å². The van der Waals surface area contributed by atoms with Gasteiger partial charge >= 0.3 is 6.09 Å².